The Hall–Kier alpha value is -4.27. The predicted octanol–water partition coefficient (Wildman–Crippen LogP) is 4.28. The van der Waals surface area contributed by atoms with E-state index in [-0.39, 0.29) is 22.1 Å². The molecule has 0 fully saturated rings. The van der Waals surface area contributed by atoms with Crippen LogP contribution in [0.15, 0.2) is 107 Å². The van der Waals surface area contributed by atoms with Gasteiger partial charge in [0, 0.05) is 16.5 Å². The number of pyridine rings is 1. The molecule has 37 heavy (non-hydrogen) atoms. The second kappa shape index (κ2) is 9.65. The summed E-state index contributed by atoms with van der Waals surface area (Å²) in [4.78, 5) is 27.5. The van der Waals surface area contributed by atoms with Crippen molar-refractivity contribution in [3.8, 4) is 0 Å². The number of aromatic nitrogens is 1. The number of benzene rings is 4. The first-order valence-electron chi connectivity index (χ1n) is 11.7. The molecule has 0 saturated carbocycles. The maximum Gasteiger partial charge on any atom is 0.250 e. The highest BCUT2D eigenvalue weighted by molar-refractivity contribution is 7.89. The Bertz CT molecular complexity index is 1800. The molecule has 4 aromatic carbocycles. The summed E-state index contributed by atoms with van der Waals surface area (Å²) in [7, 11) is -4.04. The first kappa shape index (κ1) is 24.4. The topological polar surface area (TPSA) is 111 Å². The zero-order valence-corrected chi connectivity index (χ0v) is 20.9. The molecular weight excluding hydrogens is 486 g/mol. The molecular formula is C29H25N3O4S. The van der Waals surface area contributed by atoms with Crippen LogP contribution in [0.1, 0.15) is 15.9 Å². The van der Waals surface area contributed by atoms with E-state index in [0.29, 0.717) is 22.1 Å². The van der Waals surface area contributed by atoms with Crippen LogP contribution in [-0.2, 0) is 16.4 Å². The lowest BCUT2D eigenvalue weighted by atomic mass is 10.0. The van der Waals surface area contributed by atoms with E-state index in [9.17, 15) is 18.0 Å². The number of sulfonamides is 1. The van der Waals surface area contributed by atoms with Gasteiger partial charge in [0.15, 0.2) is 5.43 Å². The molecule has 3 N–H and O–H groups in total. The van der Waals surface area contributed by atoms with Gasteiger partial charge in [0.1, 0.15) is 6.04 Å². The highest BCUT2D eigenvalue weighted by atomic mass is 32.2. The second-order valence-electron chi connectivity index (χ2n) is 8.97. The monoisotopic (exact) mass is 511 g/mol. The minimum Gasteiger partial charge on any atom is -0.399 e. The third-order valence-electron chi connectivity index (χ3n) is 6.33. The maximum absolute atomic E-state index is 14.2. The highest BCUT2D eigenvalue weighted by Gasteiger charge is 2.29. The Kier molecular flexibility index (Phi) is 6.37. The van der Waals surface area contributed by atoms with E-state index in [4.69, 9.17) is 5.73 Å². The van der Waals surface area contributed by atoms with Crippen molar-refractivity contribution >= 4 is 43.4 Å². The number of rotatable bonds is 6. The zero-order chi connectivity index (χ0) is 26.2. The van der Waals surface area contributed by atoms with Gasteiger partial charge in [-0.2, -0.15) is 4.72 Å². The number of nitrogens with zero attached hydrogens (tertiary/aromatic N) is 1. The number of hydrogen-bond acceptors (Lipinski definition) is 5. The van der Waals surface area contributed by atoms with Gasteiger partial charge in [0.05, 0.1) is 15.9 Å². The Labute approximate surface area is 214 Å². The van der Waals surface area contributed by atoms with Crippen molar-refractivity contribution in [3.63, 3.8) is 0 Å². The first-order chi connectivity index (χ1) is 17.7. The number of carbonyl (C=O) groups is 1. The SMILES string of the molecule is Cc1ccc(S(=O)(=O)N[C@@H](Cc2ccccc2)C(=O)n2c3ccccc3c(=O)c3cc(N)ccc32)cc1. The third kappa shape index (κ3) is 4.76. The summed E-state index contributed by atoms with van der Waals surface area (Å²) in [6, 6.07) is 26.0. The molecule has 0 aliphatic heterocycles. The van der Waals surface area contributed by atoms with Crippen molar-refractivity contribution in [1.29, 1.82) is 0 Å². The van der Waals surface area contributed by atoms with Gasteiger partial charge in [-0.05, 0) is 61.4 Å². The van der Waals surface area contributed by atoms with Crippen LogP contribution in [0.4, 0.5) is 5.69 Å². The Morgan fingerprint density at radius 3 is 2.24 bits per heavy atom. The number of aryl methyl sites for hydroxylation is 1. The summed E-state index contributed by atoms with van der Waals surface area (Å²) in [5.41, 5.74) is 8.55. The fraction of sp³-hybridized carbons (Fsp3) is 0.103. The number of nitrogens with one attached hydrogen (secondary N) is 1. The fourth-order valence-corrected chi connectivity index (χ4v) is 5.65. The van der Waals surface area contributed by atoms with Crippen LogP contribution in [0.5, 0.6) is 0 Å². The summed E-state index contributed by atoms with van der Waals surface area (Å²) >= 11 is 0. The molecule has 0 aliphatic carbocycles. The van der Waals surface area contributed by atoms with Crippen molar-refractivity contribution in [3.05, 3.63) is 118 Å². The van der Waals surface area contributed by atoms with Gasteiger partial charge in [0.2, 0.25) is 15.9 Å². The van der Waals surface area contributed by atoms with Crippen LogP contribution >= 0.6 is 0 Å². The third-order valence-corrected chi connectivity index (χ3v) is 7.81. The summed E-state index contributed by atoms with van der Waals surface area (Å²) in [5.74, 6) is -0.509. The number of carbonyl (C=O) groups excluding carboxylic acids is 1. The molecule has 7 nitrogen and oxygen atoms in total. The molecule has 0 radical (unpaired) electrons. The summed E-state index contributed by atoms with van der Waals surface area (Å²) in [6.45, 7) is 1.87. The van der Waals surface area contributed by atoms with Crippen molar-refractivity contribution in [2.24, 2.45) is 0 Å². The van der Waals surface area contributed by atoms with Crippen LogP contribution in [0.2, 0.25) is 0 Å². The second-order valence-corrected chi connectivity index (χ2v) is 10.7. The molecule has 0 saturated heterocycles. The summed E-state index contributed by atoms with van der Waals surface area (Å²) in [6.07, 6.45) is 0.113. The smallest absolute Gasteiger partial charge is 0.250 e. The standard InChI is InChI=1S/C29H25N3O4S/c1-19-11-14-22(15-12-19)37(35,36)31-25(17-20-7-3-2-4-8-20)29(34)32-26-10-6-5-9-23(26)28(33)24-18-21(30)13-16-27(24)32/h2-16,18,25,31H,17,30H2,1H3/t25-/m0/s1. The Balaban J connectivity index is 1.69. The molecule has 5 rings (SSSR count). The lowest BCUT2D eigenvalue weighted by molar-refractivity contribution is 0.0880. The summed E-state index contributed by atoms with van der Waals surface area (Å²) in [5, 5.41) is 0.626. The van der Waals surface area contributed by atoms with E-state index in [1.54, 1.807) is 48.5 Å². The molecule has 0 bridgehead atoms. The lowest BCUT2D eigenvalue weighted by Crippen LogP contribution is -2.45. The molecule has 186 valence electrons. The molecule has 0 unspecified atom stereocenters. The quantitative estimate of drug-likeness (QED) is 0.261. The lowest BCUT2D eigenvalue weighted by Gasteiger charge is -2.22. The molecule has 1 atom stereocenters. The average molecular weight is 512 g/mol. The van der Waals surface area contributed by atoms with E-state index in [2.05, 4.69) is 4.72 Å². The van der Waals surface area contributed by atoms with E-state index < -0.39 is 22.0 Å². The van der Waals surface area contributed by atoms with Crippen molar-refractivity contribution < 1.29 is 13.2 Å². The average Bonchev–Trinajstić information content (AvgIpc) is 2.89. The Morgan fingerprint density at radius 1 is 0.865 bits per heavy atom. The van der Waals surface area contributed by atoms with Gasteiger partial charge in [-0.3, -0.25) is 14.2 Å². The first-order valence-corrected chi connectivity index (χ1v) is 13.2. The molecule has 1 heterocycles. The van der Waals surface area contributed by atoms with Crippen molar-refractivity contribution in [2.45, 2.75) is 24.3 Å². The van der Waals surface area contributed by atoms with E-state index >= 15 is 0 Å². The van der Waals surface area contributed by atoms with Gasteiger partial charge in [-0.25, -0.2) is 8.42 Å². The van der Waals surface area contributed by atoms with Crippen LogP contribution in [-0.4, -0.2) is 24.9 Å². The molecule has 8 heteroatoms. The molecule has 1 aromatic heterocycles. The maximum atomic E-state index is 14.2. The van der Waals surface area contributed by atoms with Gasteiger partial charge < -0.3 is 5.73 Å². The molecule has 5 aromatic rings. The van der Waals surface area contributed by atoms with Crippen molar-refractivity contribution in [1.82, 2.24) is 9.29 Å². The predicted molar refractivity (Wildman–Crippen MR) is 146 cm³/mol. The van der Waals surface area contributed by atoms with Crippen molar-refractivity contribution in [2.75, 3.05) is 5.73 Å². The molecule has 0 spiro atoms. The fourth-order valence-electron chi connectivity index (χ4n) is 4.46. The van der Waals surface area contributed by atoms with Gasteiger partial charge >= 0.3 is 0 Å². The van der Waals surface area contributed by atoms with Crippen LogP contribution in [0.3, 0.4) is 0 Å². The number of nitrogens with two attached hydrogens (primary N) is 1. The molecule has 0 amide bonds. The van der Waals surface area contributed by atoms with E-state index in [1.165, 1.54) is 22.8 Å². The van der Waals surface area contributed by atoms with Gasteiger partial charge in [-0.1, -0.05) is 60.2 Å². The largest absolute Gasteiger partial charge is 0.399 e. The van der Waals surface area contributed by atoms with Crippen LogP contribution < -0.4 is 15.9 Å². The number of anilines is 1. The zero-order valence-electron chi connectivity index (χ0n) is 20.1. The minimum absolute atomic E-state index is 0.0614. The molecule has 0 aliphatic rings. The number of para-hydroxylation sites is 1. The van der Waals surface area contributed by atoms with Gasteiger partial charge in [0.25, 0.3) is 0 Å². The highest BCUT2D eigenvalue weighted by Crippen LogP contribution is 2.23. The van der Waals surface area contributed by atoms with Crippen LogP contribution in [0, 0.1) is 6.92 Å². The number of fused-ring (bicyclic) bond motifs is 2. The van der Waals surface area contributed by atoms with Gasteiger partial charge in [-0.15, -0.1) is 0 Å². The minimum atomic E-state index is -4.04. The number of nitrogen functional groups attached to an aromatic ring is 1. The van der Waals surface area contributed by atoms with E-state index in [0.717, 1.165) is 11.1 Å². The normalized spacial score (nSPS) is 12.6. The van der Waals surface area contributed by atoms with E-state index in [1.807, 2.05) is 37.3 Å². The Morgan fingerprint density at radius 2 is 1.51 bits per heavy atom. The summed E-state index contributed by atoms with van der Waals surface area (Å²) < 4.78 is 30.8. The van der Waals surface area contributed by atoms with Crippen LogP contribution in [0.25, 0.3) is 21.8 Å². The number of hydrogen-bond donors (Lipinski definition) is 2.